The van der Waals surface area contributed by atoms with Crippen LogP contribution in [-0.2, 0) is 17.1 Å². The normalized spacial score (nSPS) is 11.0. The lowest BCUT2D eigenvalue weighted by atomic mass is 10.3. The minimum absolute atomic E-state index is 0.0221. The van der Waals surface area contributed by atoms with E-state index in [4.69, 9.17) is 0 Å². The number of rotatable bonds is 7. The van der Waals surface area contributed by atoms with Crippen LogP contribution in [0.15, 0.2) is 52.3 Å². The predicted octanol–water partition coefficient (Wildman–Crippen LogP) is 0.393. The van der Waals surface area contributed by atoms with Crippen LogP contribution in [-0.4, -0.2) is 37.0 Å². The van der Waals surface area contributed by atoms with Crippen molar-refractivity contribution < 1.29 is 18.1 Å². The van der Waals surface area contributed by atoms with E-state index in [-0.39, 0.29) is 29.2 Å². The van der Waals surface area contributed by atoms with E-state index in [1.807, 2.05) is 0 Å². The van der Waals surface area contributed by atoms with Crippen LogP contribution in [0, 0.1) is 10.1 Å². The van der Waals surface area contributed by atoms with Gasteiger partial charge in [-0.1, -0.05) is 6.07 Å². The summed E-state index contributed by atoms with van der Waals surface area (Å²) in [7, 11) is -2.41. The van der Waals surface area contributed by atoms with Gasteiger partial charge < -0.3 is 15.2 Å². The van der Waals surface area contributed by atoms with Crippen LogP contribution in [0.3, 0.4) is 0 Å². The van der Waals surface area contributed by atoms with Crippen molar-refractivity contribution >= 4 is 27.4 Å². The first kappa shape index (κ1) is 20.1. The zero-order valence-electron chi connectivity index (χ0n) is 14.2. The topological polar surface area (TPSA) is 152 Å². The number of anilines is 1. The van der Waals surface area contributed by atoms with E-state index in [0.29, 0.717) is 5.69 Å². The van der Waals surface area contributed by atoms with Gasteiger partial charge >= 0.3 is 6.03 Å². The summed E-state index contributed by atoms with van der Waals surface area (Å²) < 4.78 is 27.8. The van der Waals surface area contributed by atoms with Crippen molar-refractivity contribution in [2.45, 2.75) is 4.90 Å². The van der Waals surface area contributed by atoms with Crippen molar-refractivity contribution in [1.29, 1.82) is 0 Å². The summed E-state index contributed by atoms with van der Waals surface area (Å²) >= 11 is 0. The van der Waals surface area contributed by atoms with Crippen LogP contribution in [0.4, 0.5) is 16.2 Å². The molecule has 2 rings (SSSR count). The molecule has 1 aromatic heterocycles. The van der Waals surface area contributed by atoms with Gasteiger partial charge in [-0.3, -0.25) is 14.9 Å². The number of carbonyl (C=O) groups excluding carboxylic acids is 1. The zero-order chi connectivity index (χ0) is 20.0. The van der Waals surface area contributed by atoms with E-state index in [2.05, 4.69) is 15.4 Å². The molecule has 1 heterocycles. The molecule has 0 saturated heterocycles. The molecular weight excluding hydrogens is 378 g/mol. The molecule has 0 saturated carbocycles. The van der Waals surface area contributed by atoms with Gasteiger partial charge in [0.2, 0.25) is 15.6 Å². The maximum atomic E-state index is 12.1. The number of hydrogen-bond acceptors (Lipinski definition) is 6. The molecule has 0 atom stereocenters. The summed E-state index contributed by atoms with van der Waals surface area (Å²) in [4.78, 5) is 32.8. The molecule has 0 aliphatic rings. The SMILES string of the molecule is Cn1cc(NC(=O)NCCNS(=O)(=O)c2cccc([N+](=O)[O-])c2)ccc1=O. The van der Waals surface area contributed by atoms with Crippen molar-refractivity contribution in [1.82, 2.24) is 14.6 Å². The first-order valence-corrected chi connectivity index (χ1v) is 9.13. The molecule has 0 radical (unpaired) electrons. The van der Waals surface area contributed by atoms with Crippen molar-refractivity contribution in [2.75, 3.05) is 18.4 Å². The number of pyridine rings is 1. The van der Waals surface area contributed by atoms with E-state index in [0.717, 1.165) is 6.07 Å². The summed E-state index contributed by atoms with van der Waals surface area (Å²) in [6, 6.07) is 6.78. The first-order chi connectivity index (χ1) is 12.7. The van der Waals surface area contributed by atoms with Crippen molar-refractivity contribution in [2.24, 2.45) is 7.05 Å². The molecule has 0 aliphatic carbocycles. The lowest BCUT2D eigenvalue weighted by Gasteiger charge is -2.10. The molecule has 0 aliphatic heterocycles. The van der Waals surface area contributed by atoms with E-state index < -0.39 is 21.0 Å². The second-order valence-corrected chi connectivity index (χ2v) is 7.17. The largest absolute Gasteiger partial charge is 0.337 e. The highest BCUT2D eigenvalue weighted by molar-refractivity contribution is 7.89. The highest BCUT2D eigenvalue weighted by Crippen LogP contribution is 2.16. The molecule has 0 bridgehead atoms. The monoisotopic (exact) mass is 395 g/mol. The Labute approximate surface area is 154 Å². The molecule has 3 N–H and O–H groups in total. The Kier molecular flexibility index (Phi) is 6.26. The number of benzene rings is 1. The standard InChI is InChI=1S/C15H17N5O6S/c1-19-10-11(5-6-14(19)21)18-15(22)16-7-8-17-27(25,26)13-4-2-3-12(9-13)20(23)24/h2-6,9-10,17H,7-8H2,1H3,(H2,16,18,22). The summed E-state index contributed by atoms with van der Waals surface area (Å²) in [5, 5.41) is 15.7. The first-order valence-electron chi connectivity index (χ1n) is 7.65. The van der Waals surface area contributed by atoms with Crippen molar-refractivity contribution in [3.63, 3.8) is 0 Å². The molecular formula is C15H17N5O6S. The number of urea groups is 1. The Morgan fingerprint density at radius 2 is 1.96 bits per heavy atom. The van der Waals surface area contributed by atoms with Gasteiger partial charge in [-0.25, -0.2) is 17.9 Å². The van der Waals surface area contributed by atoms with Gasteiger partial charge in [0.05, 0.1) is 15.5 Å². The van der Waals surface area contributed by atoms with Gasteiger partial charge in [0.1, 0.15) is 0 Å². The fourth-order valence-electron chi connectivity index (χ4n) is 2.05. The third kappa shape index (κ3) is 5.62. The van der Waals surface area contributed by atoms with Crippen LogP contribution < -0.4 is 20.9 Å². The molecule has 1 aromatic carbocycles. The van der Waals surface area contributed by atoms with E-state index in [1.165, 1.54) is 48.1 Å². The molecule has 2 amide bonds. The number of nitro groups is 1. The number of carbonyl (C=O) groups is 1. The molecule has 12 heteroatoms. The highest BCUT2D eigenvalue weighted by Gasteiger charge is 2.17. The average Bonchev–Trinajstić information content (AvgIpc) is 2.62. The van der Waals surface area contributed by atoms with Gasteiger partial charge in [-0.05, 0) is 12.1 Å². The third-order valence-electron chi connectivity index (χ3n) is 3.39. The number of amides is 2. The number of aryl methyl sites for hydroxylation is 1. The predicted molar refractivity (Wildman–Crippen MR) is 97.0 cm³/mol. The summed E-state index contributed by atoms with van der Waals surface area (Å²) in [6.07, 6.45) is 1.44. The minimum Gasteiger partial charge on any atom is -0.337 e. The smallest absolute Gasteiger partial charge is 0.319 e. The van der Waals surface area contributed by atoms with Gasteiger partial charge in [0.25, 0.3) is 5.69 Å². The maximum absolute atomic E-state index is 12.1. The second kappa shape index (κ2) is 8.42. The van der Waals surface area contributed by atoms with Gasteiger partial charge in [-0.15, -0.1) is 0 Å². The summed E-state index contributed by atoms with van der Waals surface area (Å²) in [6.45, 7) is -0.141. The Bertz CT molecular complexity index is 1020. The van der Waals surface area contributed by atoms with Crippen molar-refractivity contribution in [3.05, 3.63) is 63.1 Å². The molecule has 144 valence electrons. The Balaban J connectivity index is 1.85. The van der Waals surface area contributed by atoms with E-state index in [1.54, 1.807) is 0 Å². The number of aromatic nitrogens is 1. The van der Waals surface area contributed by atoms with Gasteiger partial charge in [0, 0.05) is 44.5 Å². The Hall–Kier alpha value is -3.25. The quantitative estimate of drug-likeness (QED) is 0.350. The van der Waals surface area contributed by atoms with Crippen LogP contribution in [0.25, 0.3) is 0 Å². The number of hydrogen-bond donors (Lipinski definition) is 3. The second-order valence-electron chi connectivity index (χ2n) is 5.40. The van der Waals surface area contributed by atoms with Crippen LogP contribution in [0.2, 0.25) is 0 Å². The van der Waals surface area contributed by atoms with Gasteiger partial charge in [0.15, 0.2) is 0 Å². The zero-order valence-corrected chi connectivity index (χ0v) is 15.0. The molecule has 27 heavy (non-hydrogen) atoms. The number of non-ortho nitro benzene ring substituents is 1. The van der Waals surface area contributed by atoms with Crippen molar-refractivity contribution in [3.8, 4) is 0 Å². The molecule has 0 fully saturated rings. The highest BCUT2D eigenvalue weighted by atomic mass is 32.2. The Morgan fingerprint density at radius 1 is 1.22 bits per heavy atom. The Morgan fingerprint density at radius 3 is 2.63 bits per heavy atom. The third-order valence-corrected chi connectivity index (χ3v) is 4.84. The van der Waals surface area contributed by atoms with Crippen LogP contribution in [0.1, 0.15) is 0 Å². The van der Waals surface area contributed by atoms with E-state index in [9.17, 15) is 28.1 Å². The van der Waals surface area contributed by atoms with E-state index >= 15 is 0 Å². The average molecular weight is 395 g/mol. The molecule has 0 unspecified atom stereocenters. The van der Waals surface area contributed by atoms with Crippen LogP contribution >= 0.6 is 0 Å². The number of nitrogens with one attached hydrogen (secondary N) is 3. The summed E-state index contributed by atoms with van der Waals surface area (Å²) in [5.41, 5.74) is -0.170. The maximum Gasteiger partial charge on any atom is 0.319 e. The lowest BCUT2D eigenvalue weighted by Crippen LogP contribution is -2.37. The summed E-state index contributed by atoms with van der Waals surface area (Å²) in [5.74, 6) is 0. The lowest BCUT2D eigenvalue weighted by molar-refractivity contribution is -0.385. The number of nitrogens with zero attached hydrogens (tertiary/aromatic N) is 2. The minimum atomic E-state index is -3.95. The fraction of sp³-hybridized carbons (Fsp3) is 0.200. The fourth-order valence-corrected chi connectivity index (χ4v) is 3.12. The number of nitro benzene ring substituents is 1. The van der Waals surface area contributed by atoms with Gasteiger partial charge in [-0.2, -0.15) is 0 Å². The van der Waals surface area contributed by atoms with Crippen LogP contribution in [0.5, 0.6) is 0 Å². The number of sulfonamides is 1. The molecule has 2 aromatic rings. The molecule has 11 nitrogen and oxygen atoms in total. The molecule has 0 spiro atoms.